The smallest absolute Gasteiger partial charge is 0.211 e. The minimum atomic E-state index is -3.36. The molecule has 62 valence electrons. The molecule has 2 N–H and O–H groups in total. The van der Waals surface area contributed by atoms with Crippen molar-refractivity contribution >= 4 is 10.0 Å². The third-order valence-corrected chi connectivity index (χ3v) is 2.65. The van der Waals surface area contributed by atoms with Gasteiger partial charge >= 0.3 is 0 Å². The molecule has 0 fully saturated rings. The molecule has 0 saturated heterocycles. The van der Waals surface area contributed by atoms with E-state index in [-0.39, 0.29) is 0 Å². The highest BCUT2D eigenvalue weighted by atomic mass is 32.2. The molecule has 0 aromatic rings. The van der Waals surface area contributed by atoms with Crippen molar-refractivity contribution in [3.8, 4) is 0 Å². The lowest BCUT2D eigenvalue weighted by Crippen LogP contribution is -2.26. The Morgan fingerprint density at radius 2 is 2.10 bits per heavy atom. The Balaban J connectivity index is 3.75. The Morgan fingerprint density at radius 1 is 1.60 bits per heavy atom. The van der Waals surface area contributed by atoms with Gasteiger partial charge in [0.2, 0.25) is 10.0 Å². The molecule has 0 rings (SSSR count). The normalized spacial score (nSPS) is 15.1. The Labute approximate surface area is 61.4 Å². The van der Waals surface area contributed by atoms with Crippen LogP contribution in [0.15, 0.2) is 0 Å². The van der Waals surface area contributed by atoms with Crippen molar-refractivity contribution in [1.29, 1.82) is 0 Å². The van der Waals surface area contributed by atoms with Gasteiger partial charge in [-0.25, -0.2) is 13.6 Å². The molecule has 4 nitrogen and oxygen atoms in total. The summed E-state index contributed by atoms with van der Waals surface area (Å²) in [4.78, 5) is 0. The fraction of sp³-hybridized carbons (Fsp3) is 1.00. The number of primary sulfonamides is 1. The van der Waals surface area contributed by atoms with Gasteiger partial charge in [0, 0.05) is 13.7 Å². The van der Waals surface area contributed by atoms with Crippen LogP contribution in [0.5, 0.6) is 0 Å². The zero-order chi connectivity index (χ0) is 8.20. The van der Waals surface area contributed by atoms with E-state index in [9.17, 15) is 8.42 Å². The average molecular weight is 167 g/mol. The van der Waals surface area contributed by atoms with Crippen LogP contribution in [0.2, 0.25) is 0 Å². The number of rotatable bonds is 4. The maximum absolute atomic E-state index is 10.6. The van der Waals surface area contributed by atoms with Crippen molar-refractivity contribution < 1.29 is 13.2 Å². The molecule has 0 saturated carbocycles. The predicted octanol–water partition coefficient (Wildman–Crippen LogP) is -0.300. The average Bonchev–Trinajstić information content (AvgIpc) is 1.80. The van der Waals surface area contributed by atoms with Gasteiger partial charge in [0.25, 0.3) is 0 Å². The SMILES string of the molecule is COCCC(C)S(N)(=O)=O. The topological polar surface area (TPSA) is 69.4 Å². The lowest BCUT2D eigenvalue weighted by Gasteiger charge is -2.06. The summed E-state index contributed by atoms with van der Waals surface area (Å²) in [7, 11) is -1.83. The van der Waals surface area contributed by atoms with Crippen LogP contribution in [-0.4, -0.2) is 27.4 Å². The van der Waals surface area contributed by atoms with Crippen LogP contribution in [0.1, 0.15) is 13.3 Å². The first kappa shape index (κ1) is 9.87. The van der Waals surface area contributed by atoms with Gasteiger partial charge < -0.3 is 4.74 Å². The van der Waals surface area contributed by atoms with Crippen molar-refractivity contribution in [2.24, 2.45) is 5.14 Å². The Morgan fingerprint density at radius 3 is 2.40 bits per heavy atom. The largest absolute Gasteiger partial charge is 0.385 e. The number of nitrogens with two attached hydrogens (primary N) is 1. The zero-order valence-electron chi connectivity index (χ0n) is 6.20. The van der Waals surface area contributed by atoms with Crippen molar-refractivity contribution in [2.75, 3.05) is 13.7 Å². The van der Waals surface area contributed by atoms with Crippen LogP contribution in [0.3, 0.4) is 0 Å². The lowest BCUT2D eigenvalue weighted by molar-refractivity contribution is 0.194. The van der Waals surface area contributed by atoms with E-state index < -0.39 is 15.3 Å². The molecule has 5 heteroatoms. The van der Waals surface area contributed by atoms with Gasteiger partial charge in [-0.15, -0.1) is 0 Å². The van der Waals surface area contributed by atoms with Crippen LogP contribution >= 0.6 is 0 Å². The van der Waals surface area contributed by atoms with E-state index in [1.165, 1.54) is 7.11 Å². The van der Waals surface area contributed by atoms with Gasteiger partial charge in [-0.2, -0.15) is 0 Å². The third-order valence-electron chi connectivity index (χ3n) is 1.29. The molecular weight excluding hydrogens is 154 g/mol. The molecule has 1 atom stereocenters. The van der Waals surface area contributed by atoms with E-state index in [2.05, 4.69) is 4.74 Å². The molecule has 0 aliphatic rings. The summed E-state index contributed by atoms with van der Waals surface area (Å²) in [6.07, 6.45) is 0.454. The van der Waals surface area contributed by atoms with Gasteiger partial charge in [0.05, 0.1) is 5.25 Å². The standard InChI is InChI=1S/C5H13NO3S/c1-5(3-4-9-2)10(6,7)8/h5H,3-4H2,1-2H3,(H2,6,7,8). The van der Waals surface area contributed by atoms with Gasteiger partial charge in [-0.3, -0.25) is 0 Å². The molecule has 10 heavy (non-hydrogen) atoms. The van der Waals surface area contributed by atoms with E-state index in [0.29, 0.717) is 13.0 Å². The molecule has 0 amide bonds. The highest BCUT2D eigenvalue weighted by Crippen LogP contribution is 1.99. The molecule has 0 aromatic heterocycles. The molecular formula is C5H13NO3S. The van der Waals surface area contributed by atoms with Gasteiger partial charge in [-0.1, -0.05) is 0 Å². The Hall–Kier alpha value is -0.130. The summed E-state index contributed by atoms with van der Waals surface area (Å²) < 4.78 is 25.8. The van der Waals surface area contributed by atoms with Gasteiger partial charge in [0.15, 0.2) is 0 Å². The highest BCUT2D eigenvalue weighted by molar-refractivity contribution is 7.89. The second-order valence-corrected chi connectivity index (χ2v) is 4.16. The summed E-state index contributed by atoms with van der Waals surface area (Å²) in [5.74, 6) is 0. The van der Waals surface area contributed by atoms with E-state index >= 15 is 0 Å². The Bertz CT molecular complexity index is 175. The van der Waals surface area contributed by atoms with Crippen LogP contribution in [-0.2, 0) is 14.8 Å². The van der Waals surface area contributed by atoms with E-state index in [1.807, 2.05) is 0 Å². The molecule has 1 unspecified atom stereocenters. The van der Waals surface area contributed by atoms with E-state index in [1.54, 1.807) is 6.92 Å². The van der Waals surface area contributed by atoms with Gasteiger partial charge in [-0.05, 0) is 13.3 Å². The fourth-order valence-corrected chi connectivity index (χ4v) is 0.873. The van der Waals surface area contributed by atoms with Crippen molar-refractivity contribution in [2.45, 2.75) is 18.6 Å². The Kier molecular flexibility index (Phi) is 3.85. The number of hydrogen-bond acceptors (Lipinski definition) is 3. The van der Waals surface area contributed by atoms with Crippen LogP contribution in [0, 0.1) is 0 Å². The maximum Gasteiger partial charge on any atom is 0.211 e. The van der Waals surface area contributed by atoms with E-state index in [4.69, 9.17) is 5.14 Å². The second-order valence-electron chi connectivity index (χ2n) is 2.18. The molecule has 0 heterocycles. The molecule has 0 aliphatic carbocycles. The first-order valence-corrected chi connectivity index (χ1v) is 4.60. The second kappa shape index (κ2) is 3.90. The van der Waals surface area contributed by atoms with Crippen LogP contribution in [0.4, 0.5) is 0 Å². The minimum Gasteiger partial charge on any atom is -0.385 e. The summed E-state index contributed by atoms with van der Waals surface area (Å²) in [5.41, 5.74) is 0. The summed E-state index contributed by atoms with van der Waals surface area (Å²) in [5, 5.41) is 4.33. The number of sulfonamides is 1. The molecule has 0 aliphatic heterocycles. The molecule has 0 bridgehead atoms. The summed E-state index contributed by atoms with van der Waals surface area (Å²) >= 11 is 0. The minimum absolute atomic E-state index is 0.428. The third kappa shape index (κ3) is 3.81. The first-order chi connectivity index (χ1) is 4.48. The zero-order valence-corrected chi connectivity index (χ0v) is 7.02. The molecule has 0 spiro atoms. The monoisotopic (exact) mass is 167 g/mol. The summed E-state index contributed by atoms with van der Waals surface area (Å²) in [6.45, 7) is 1.99. The van der Waals surface area contributed by atoms with Gasteiger partial charge in [0.1, 0.15) is 0 Å². The lowest BCUT2D eigenvalue weighted by atomic mass is 10.3. The quantitative estimate of drug-likeness (QED) is 0.625. The van der Waals surface area contributed by atoms with Crippen LogP contribution < -0.4 is 5.14 Å². The van der Waals surface area contributed by atoms with Crippen LogP contribution in [0.25, 0.3) is 0 Å². The van der Waals surface area contributed by atoms with Crippen molar-refractivity contribution in [3.05, 3.63) is 0 Å². The first-order valence-electron chi connectivity index (χ1n) is 2.99. The maximum atomic E-state index is 10.6. The fourth-order valence-electron chi connectivity index (χ4n) is 0.448. The number of hydrogen-bond donors (Lipinski definition) is 1. The molecule has 0 aromatic carbocycles. The molecule has 0 radical (unpaired) electrons. The number of methoxy groups -OCH3 is 1. The number of ether oxygens (including phenoxy) is 1. The van der Waals surface area contributed by atoms with Crippen molar-refractivity contribution in [3.63, 3.8) is 0 Å². The van der Waals surface area contributed by atoms with Crippen molar-refractivity contribution in [1.82, 2.24) is 0 Å². The summed E-state index contributed by atoms with van der Waals surface area (Å²) in [6, 6.07) is 0. The highest BCUT2D eigenvalue weighted by Gasteiger charge is 2.13. The van der Waals surface area contributed by atoms with E-state index in [0.717, 1.165) is 0 Å². The predicted molar refractivity (Wildman–Crippen MR) is 39.1 cm³/mol.